The summed E-state index contributed by atoms with van der Waals surface area (Å²) in [6.07, 6.45) is 3.91. The van der Waals surface area contributed by atoms with E-state index < -0.39 is 0 Å². The Morgan fingerprint density at radius 1 is 1.26 bits per heavy atom. The molecule has 0 saturated heterocycles. The average molecular weight is 328 g/mol. The predicted molar refractivity (Wildman–Crippen MR) is 91.0 cm³/mol. The first-order valence-electron chi connectivity index (χ1n) is 7.23. The Morgan fingerprint density at radius 2 is 2.09 bits per heavy atom. The standard InChI is InChI=1S/C16H16N4O2S/c21-14(17-7-6-12-4-2-1-3-5-12)11-18-13-10-19-16-20(15(13)22)8-9-23-16/h1-5,8-10,18H,6-7,11H2,(H,17,21). The van der Waals surface area contributed by atoms with E-state index in [0.29, 0.717) is 17.2 Å². The number of nitrogens with one attached hydrogen (secondary N) is 2. The Kier molecular flexibility index (Phi) is 4.68. The molecule has 0 unspecified atom stereocenters. The number of carbonyl (C=O) groups excluding carboxylic acids is 1. The molecule has 0 spiro atoms. The number of amides is 1. The van der Waals surface area contributed by atoms with Gasteiger partial charge in [-0.2, -0.15) is 0 Å². The maximum Gasteiger partial charge on any atom is 0.281 e. The van der Waals surface area contributed by atoms with Crippen LogP contribution in [-0.4, -0.2) is 28.4 Å². The van der Waals surface area contributed by atoms with Crippen LogP contribution in [0.15, 0.2) is 52.9 Å². The van der Waals surface area contributed by atoms with Gasteiger partial charge in [0.15, 0.2) is 4.96 Å². The van der Waals surface area contributed by atoms with E-state index in [0.717, 1.165) is 6.42 Å². The number of carbonyl (C=O) groups is 1. The van der Waals surface area contributed by atoms with Gasteiger partial charge in [0.25, 0.3) is 5.56 Å². The summed E-state index contributed by atoms with van der Waals surface area (Å²) < 4.78 is 1.46. The SMILES string of the molecule is O=C(CNc1cnc2sccn2c1=O)NCCc1ccccc1. The lowest BCUT2D eigenvalue weighted by Crippen LogP contribution is -2.32. The molecule has 0 aliphatic heterocycles. The fraction of sp³-hybridized carbons (Fsp3) is 0.188. The van der Waals surface area contributed by atoms with Gasteiger partial charge in [-0.25, -0.2) is 4.98 Å². The first-order valence-corrected chi connectivity index (χ1v) is 8.11. The predicted octanol–water partition coefficient (Wildman–Crippen LogP) is 1.53. The van der Waals surface area contributed by atoms with Gasteiger partial charge in [0.2, 0.25) is 5.91 Å². The van der Waals surface area contributed by atoms with Crippen LogP contribution in [0.25, 0.3) is 4.96 Å². The number of anilines is 1. The summed E-state index contributed by atoms with van der Waals surface area (Å²) in [6, 6.07) is 9.95. The van der Waals surface area contributed by atoms with Crippen molar-refractivity contribution in [3.63, 3.8) is 0 Å². The van der Waals surface area contributed by atoms with Crippen LogP contribution in [0.1, 0.15) is 5.56 Å². The van der Waals surface area contributed by atoms with Crippen LogP contribution in [0.3, 0.4) is 0 Å². The van der Waals surface area contributed by atoms with Crippen molar-refractivity contribution in [2.75, 3.05) is 18.4 Å². The molecule has 0 fully saturated rings. The van der Waals surface area contributed by atoms with Crippen LogP contribution in [0.2, 0.25) is 0 Å². The number of benzene rings is 1. The summed E-state index contributed by atoms with van der Waals surface area (Å²) in [5.74, 6) is -0.157. The van der Waals surface area contributed by atoms with Crippen molar-refractivity contribution in [2.45, 2.75) is 6.42 Å². The molecule has 0 aliphatic rings. The summed E-state index contributed by atoms with van der Waals surface area (Å²) in [7, 11) is 0. The minimum absolute atomic E-state index is 0.0436. The van der Waals surface area contributed by atoms with E-state index in [-0.39, 0.29) is 18.0 Å². The van der Waals surface area contributed by atoms with E-state index in [1.54, 1.807) is 11.6 Å². The summed E-state index contributed by atoms with van der Waals surface area (Å²) in [4.78, 5) is 28.8. The number of thiazole rings is 1. The third-order valence-electron chi connectivity index (χ3n) is 3.36. The molecule has 2 aromatic heterocycles. The molecule has 6 nitrogen and oxygen atoms in total. The number of fused-ring (bicyclic) bond motifs is 1. The van der Waals surface area contributed by atoms with Crippen LogP contribution in [-0.2, 0) is 11.2 Å². The summed E-state index contributed by atoms with van der Waals surface area (Å²) in [6.45, 7) is 0.604. The summed E-state index contributed by atoms with van der Waals surface area (Å²) >= 11 is 1.39. The second-order valence-electron chi connectivity index (χ2n) is 4.97. The molecule has 7 heteroatoms. The minimum Gasteiger partial charge on any atom is -0.370 e. The van der Waals surface area contributed by atoms with Gasteiger partial charge < -0.3 is 10.6 Å². The number of rotatable bonds is 6. The molecular formula is C16H16N4O2S. The number of hydrogen-bond donors (Lipinski definition) is 2. The van der Waals surface area contributed by atoms with Crippen LogP contribution < -0.4 is 16.2 Å². The molecule has 0 bridgehead atoms. The molecule has 0 saturated carbocycles. The zero-order valence-electron chi connectivity index (χ0n) is 12.4. The van der Waals surface area contributed by atoms with E-state index >= 15 is 0 Å². The fourth-order valence-corrected chi connectivity index (χ4v) is 2.85. The number of hydrogen-bond acceptors (Lipinski definition) is 5. The van der Waals surface area contributed by atoms with Gasteiger partial charge in [-0.05, 0) is 12.0 Å². The van der Waals surface area contributed by atoms with Crippen LogP contribution >= 0.6 is 11.3 Å². The average Bonchev–Trinajstić information content (AvgIpc) is 3.05. The Balaban J connectivity index is 1.50. The molecule has 0 atom stereocenters. The van der Waals surface area contributed by atoms with Gasteiger partial charge in [0, 0.05) is 18.1 Å². The van der Waals surface area contributed by atoms with Crippen molar-refractivity contribution >= 4 is 27.9 Å². The van der Waals surface area contributed by atoms with E-state index in [2.05, 4.69) is 15.6 Å². The zero-order chi connectivity index (χ0) is 16.1. The van der Waals surface area contributed by atoms with Crippen molar-refractivity contribution in [1.29, 1.82) is 0 Å². The lowest BCUT2D eigenvalue weighted by molar-refractivity contribution is -0.119. The van der Waals surface area contributed by atoms with Crippen LogP contribution in [0.4, 0.5) is 5.69 Å². The largest absolute Gasteiger partial charge is 0.370 e. The van der Waals surface area contributed by atoms with Crippen molar-refractivity contribution in [2.24, 2.45) is 0 Å². The highest BCUT2D eigenvalue weighted by molar-refractivity contribution is 7.15. The van der Waals surface area contributed by atoms with Crippen molar-refractivity contribution < 1.29 is 4.79 Å². The Hall–Kier alpha value is -2.67. The third kappa shape index (κ3) is 3.75. The molecule has 1 aromatic carbocycles. The Bertz CT molecular complexity index is 857. The molecule has 3 aromatic rings. The lowest BCUT2D eigenvalue weighted by atomic mass is 10.1. The van der Waals surface area contributed by atoms with E-state index in [1.807, 2.05) is 30.3 Å². The normalized spacial score (nSPS) is 10.6. The molecule has 0 aliphatic carbocycles. The van der Waals surface area contributed by atoms with Gasteiger partial charge in [0.05, 0.1) is 12.7 Å². The summed E-state index contributed by atoms with van der Waals surface area (Å²) in [5.41, 5.74) is 1.29. The zero-order valence-corrected chi connectivity index (χ0v) is 13.2. The van der Waals surface area contributed by atoms with Crippen molar-refractivity contribution in [3.05, 3.63) is 64.0 Å². The molecule has 0 radical (unpaired) electrons. The quantitative estimate of drug-likeness (QED) is 0.719. The van der Waals surface area contributed by atoms with Gasteiger partial charge in [-0.15, -0.1) is 11.3 Å². The molecule has 3 rings (SSSR count). The lowest BCUT2D eigenvalue weighted by Gasteiger charge is -2.07. The Labute approximate surface area is 136 Å². The molecule has 1 amide bonds. The maximum absolute atomic E-state index is 12.1. The molecule has 23 heavy (non-hydrogen) atoms. The Morgan fingerprint density at radius 3 is 2.91 bits per heavy atom. The number of nitrogens with zero attached hydrogens (tertiary/aromatic N) is 2. The van der Waals surface area contributed by atoms with Gasteiger partial charge in [-0.1, -0.05) is 30.3 Å². The smallest absolute Gasteiger partial charge is 0.281 e. The fourth-order valence-electron chi connectivity index (χ4n) is 2.17. The molecule has 2 heterocycles. The summed E-state index contributed by atoms with van der Waals surface area (Å²) in [5, 5.41) is 7.46. The van der Waals surface area contributed by atoms with Crippen molar-refractivity contribution in [1.82, 2.24) is 14.7 Å². The molecule has 118 valence electrons. The van der Waals surface area contributed by atoms with Gasteiger partial charge in [-0.3, -0.25) is 14.0 Å². The first-order chi connectivity index (χ1) is 11.2. The highest BCUT2D eigenvalue weighted by Crippen LogP contribution is 2.07. The van der Waals surface area contributed by atoms with Crippen molar-refractivity contribution in [3.8, 4) is 0 Å². The molecule has 2 N–H and O–H groups in total. The van der Waals surface area contributed by atoms with Gasteiger partial charge in [0.1, 0.15) is 5.69 Å². The second-order valence-corrected chi connectivity index (χ2v) is 5.84. The van der Waals surface area contributed by atoms with E-state index in [9.17, 15) is 9.59 Å². The van der Waals surface area contributed by atoms with E-state index in [1.165, 1.54) is 27.5 Å². The topological polar surface area (TPSA) is 75.5 Å². The monoisotopic (exact) mass is 328 g/mol. The van der Waals surface area contributed by atoms with Crippen LogP contribution in [0, 0.1) is 0 Å². The number of aromatic nitrogens is 2. The second kappa shape index (κ2) is 7.06. The van der Waals surface area contributed by atoms with Gasteiger partial charge >= 0.3 is 0 Å². The highest BCUT2D eigenvalue weighted by Gasteiger charge is 2.07. The first kappa shape index (κ1) is 15.2. The highest BCUT2D eigenvalue weighted by atomic mass is 32.1. The van der Waals surface area contributed by atoms with Crippen LogP contribution in [0.5, 0.6) is 0 Å². The maximum atomic E-state index is 12.1. The van der Waals surface area contributed by atoms with E-state index in [4.69, 9.17) is 0 Å². The molecular weight excluding hydrogens is 312 g/mol. The third-order valence-corrected chi connectivity index (χ3v) is 4.13. The minimum atomic E-state index is -0.201.